The van der Waals surface area contributed by atoms with E-state index in [2.05, 4.69) is 18.3 Å². The number of halogens is 1. The summed E-state index contributed by atoms with van der Waals surface area (Å²) in [5.41, 5.74) is 1.91. The van der Waals surface area contributed by atoms with Crippen molar-refractivity contribution in [3.8, 4) is 0 Å². The molecule has 1 aromatic heterocycles. The maximum absolute atomic E-state index is 13.7. The summed E-state index contributed by atoms with van der Waals surface area (Å²) in [6.07, 6.45) is 0. The smallest absolute Gasteiger partial charge is 0.128 e. The number of hydrogen-bond donors (Lipinski definition) is 1. The van der Waals surface area contributed by atoms with Crippen LogP contribution in [0.25, 0.3) is 0 Å². The Bertz CT molecular complexity index is 478. The lowest BCUT2D eigenvalue weighted by molar-refractivity contribution is 0.578. The van der Waals surface area contributed by atoms with E-state index in [0.717, 1.165) is 0 Å². The molecule has 0 saturated carbocycles. The van der Waals surface area contributed by atoms with Gasteiger partial charge in [0.1, 0.15) is 5.82 Å². The van der Waals surface area contributed by atoms with Crippen molar-refractivity contribution in [2.24, 2.45) is 0 Å². The molecule has 1 unspecified atom stereocenters. The highest BCUT2D eigenvalue weighted by atomic mass is 32.1. The third-order valence-electron chi connectivity index (χ3n) is 2.67. The molecule has 0 aliphatic rings. The first-order valence-electron chi connectivity index (χ1n) is 5.19. The topological polar surface area (TPSA) is 12.0 Å². The van der Waals surface area contributed by atoms with Crippen molar-refractivity contribution < 1.29 is 4.39 Å². The van der Waals surface area contributed by atoms with Crippen molar-refractivity contribution in [3.63, 3.8) is 0 Å². The molecule has 2 rings (SSSR count). The molecule has 0 fully saturated rings. The fourth-order valence-electron chi connectivity index (χ4n) is 1.82. The predicted octanol–water partition coefficient (Wildman–Crippen LogP) is 3.50. The van der Waals surface area contributed by atoms with Crippen LogP contribution in [0, 0.1) is 12.7 Å². The molecule has 2 aromatic rings. The fourth-order valence-corrected chi connectivity index (χ4v) is 2.87. The number of rotatable bonds is 3. The van der Waals surface area contributed by atoms with E-state index in [1.165, 1.54) is 16.5 Å². The fraction of sp³-hybridized carbons (Fsp3) is 0.231. The van der Waals surface area contributed by atoms with Gasteiger partial charge in [-0.1, -0.05) is 18.2 Å². The SMILES string of the molecule is CNC(c1ccccc1F)c1sccc1C. The molecule has 0 radical (unpaired) electrons. The van der Waals surface area contributed by atoms with E-state index in [-0.39, 0.29) is 11.9 Å². The largest absolute Gasteiger partial charge is 0.309 e. The monoisotopic (exact) mass is 235 g/mol. The summed E-state index contributed by atoms with van der Waals surface area (Å²) >= 11 is 1.66. The van der Waals surface area contributed by atoms with Crippen LogP contribution < -0.4 is 5.32 Å². The minimum atomic E-state index is -0.158. The van der Waals surface area contributed by atoms with Gasteiger partial charge < -0.3 is 5.32 Å². The quantitative estimate of drug-likeness (QED) is 0.858. The van der Waals surface area contributed by atoms with Gasteiger partial charge >= 0.3 is 0 Å². The maximum Gasteiger partial charge on any atom is 0.128 e. The molecular formula is C13H14FNS. The summed E-state index contributed by atoms with van der Waals surface area (Å²) in [6.45, 7) is 2.05. The molecule has 0 amide bonds. The highest BCUT2D eigenvalue weighted by Crippen LogP contribution is 2.30. The van der Waals surface area contributed by atoms with E-state index >= 15 is 0 Å². The van der Waals surface area contributed by atoms with E-state index in [4.69, 9.17) is 0 Å². The van der Waals surface area contributed by atoms with Crippen LogP contribution in [0.4, 0.5) is 4.39 Å². The third kappa shape index (κ3) is 2.01. The van der Waals surface area contributed by atoms with Gasteiger partial charge in [0, 0.05) is 10.4 Å². The molecule has 0 bridgehead atoms. The van der Waals surface area contributed by atoms with Gasteiger partial charge in [0.05, 0.1) is 6.04 Å². The highest BCUT2D eigenvalue weighted by Gasteiger charge is 2.18. The molecule has 0 saturated heterocycles. The normalized spacial score (nSPS) is 12.7. The minimum Gasteiger partial charge on any atom is -0.309 e. The van der Waals surface area contributed by atoms with Crippen LogP contribution in [-0.4, -0.2) is 7.05 Å². The lowest BCUT2D eigenvalue weighted by atomic mass is 10.0. The molecule has 1 N–H and O–H groups in total. The van der Waals surface area contributed by atoms with E-state index in [1.54, 1.807) is 17.4 Å². The molecular weight excluding hydrogens is 221 g/mol. The molecule has 1 aromatic carbocycles. The zero-order valence-corrected chi connectivity index (χ0v) is 10.1. The highest BCUT2D eigenvalue weighted by molar-refractivity contribution is 7.10. The summed E-state index contributed by atoms with van der Waals surface area (Å²) in [4.78, 5) is 1.17. The van der Waals surface area contributed by atoms with Crippen LogP contribution in [0.2, 0.25) is 0 Å². The van der Waals surface area contributed by atoms with Crippen LogP contribution in [0.1, 0.15) is 22.0 Å². The third-order valence-corrected chi connectivity index (χ3v) is 3.75. The molecule has 1 heterocycles. The first-order chi connectivity index (χ1) is 7.74. The lowest BCUT2D eigenvalue weighted by Gasteiger charge is -2.17. The molecule has 0 aliphatic heterocycles. The van der Waals surface area contributed by atoms with Gasteiger partial charge in [-0.05, 0) is 37.0 Å². The molecule has 0 aliphatic carbocycles. The molecule has 1 atom stereocenters. The molecule has 1 nitrogen and oxygen atoms in total. The van der Waals surface area contributed by atoms with Crippen molar-refractivity contribution in [1.29, 1.82) is 0 Å². The van der Waals surface area contributed by atoms with Gasteiger partial charge in [0.2, 0.25) is 0 Å². The van der Waals surface area contributed by atoms with Gasteiger partial charge in [-0.25, -0.2) is 4.39 Å². The van der Waals surface area contributed by atoms with Gasteiger partial charge in [-0.2, -0.15) is 0 Å². The first-order valence-corrected chi connectivity index (χ1v) is 6.07. The Labute approximate surface area is 98.9 Å². The van der Waals surface area contributed by atoms with Crippen molar-refractivity contribution in [3.05, 3.63) is 57.5 Å². The zero-order chi connectivity index (χ0) is 11.5. The average Bonchev–Trinajstić information content (AvgIpc) is 2.69. The van der Waals surface area contributed by atoms with Gasteiger partial charge in [0.15, 0.2) is 0 Å². The Morgan fingerprint density at radius 2 is 2.00 bits per heavy atom. The molecule has 16 heavy (non-hydrogen) atoms. The molecule has 84 valence electrons. The van der Waals surface area contributed by atoms with Crippen molar-refractivity contribution in [2.45, 2.75) is 13.0 Å². The summed E-state index contributed by atoms with van der Waals surface area (Å²) in [5, 5.41) is 5.21. The van der Waals surface area contributed by atoms with Crippen molar-refractivity contribution in [1.82, 2.24) is 5.32 Å². The van der Waals surface area contributed by atoms with E-state index in [1.807, 2.05) is 24.6 Å². The first kappa shape index (κ1) is 11.3. The van der Waals surface area contributed by atoms with Crippen molar-refractivity contribution >= 4 is 11.3 Å². The number of thiophene rings is 1. The minimum absolute atomic E-state index is 0.0544. The maximum atomic E-state index is 13.7. The number of nitrogens with one attached hydrogen (secondary N) is 1. The van der Waals surface area contributed by atoms with Crippen LogP contribution in [0.3, 0.4) is 0 Å². The summed E-state index contributed by atoms with van der Waals surface area (Å²) < 4.78 is 13.7. The second kappa shape index (κ2) is 4.76. The van der Waals surface area contributed by atoms with Crippen LogP contribution in [0.15, 0.2) is 35.7 Å². The molecule has 3 heteroatoms. The number of benzene rings is 1. The lowest BCUT2D eigenvalue weighted by Crippen LogP contribution is -2.18. The van der Waals surface area contributed by atoms with E-state index in [0.29, 0.717) is 5.56 Å². The van der Waals surface area contributed by atoms with Gasteiger partial charge in [0.25, 0.3) is 0 Å². The van der Waals surface area contributed by atoms with Crippen LogP contribution >= 0.6 is 11.3 Å². The summed E-state index contributed by atoms with van der Waals surface area (Å²) in [7, 11) is 1.86. The van der Waals surface area contributed by atoms with Crippen LogP contribution in [-0.2, 0) is 0 Å². The second-order valence-electron chi connectivity index (χ2n) is 3.71. The Morgan fingerprint density at radius 3 is 2.56 bits per heavy atom. The second-order valence-corrected chi connectivity index (χ2v) is 4.66. The Hall–Kier alpha value is -1.19. The van der Waals surface area contributed by atoms with Gasteiger partial charge in [-0.15, -0.1) is 11.3 Å². The Kier molecular flexibility index (Phi) is 3.36. The van der Waals surface area contributed by atoms with Crippen molar-refractivity contribution in [2.75, 3.05) is 7.05 Å². The Morgan fingerprint density at radius 1 is 1.25 bits per heavy atom. The standard InChI is InChI=1S/C13H14FNS/c1-9-7-8-16-13(9)12(15-2)10-5-3-4-6-11(10)14/h3-8,12,15H,1-2H3. The summed E-state index contributed by atoms with van der Waals surface area (Å²) in [6, 6.07) is 8.92. The molecule has 0 spiro atoms. The van der Waals surface area contributed by atoms with Crippen LogP contribution in [0.5, 0.6) is 0 Å². The van der Waals surface area contributed by atoms with Gasteiger partial charge in [-0.3, -0.25) is 0 Å². The predicted molar refractivity (Wildman–Crippen MR) is 66.4 cm³/mol. The number of hydrogen-bond acceptors (Lipinski definition) is 2. The number of aryl methyl sites for hydroxylation is 1. The average molecular weight is 235 g/mol. The Balaban J connectivity index is 2.45. The zero-order valence-electron chi connectivity index (χ0n) is 9.33. The van der Waals surface area contributed by atoms with E-state index < -0.39 is 0 Å². The summed E-state index contributed by atoms with van der Waals surface area (Å²) in [5.74, 6) is -0.158. The van der Waals surface area contributed by atoms with E-state index in [9.17, 15) is 4.39 Å².